The molecule has 2 aliphatic carbocycles. The highest BCUT2D eigenvalue weighted by atomic mass is 14.4. The van der Waals surface area contributed by atoms with E-state index in [1.807, 2.05) is 0 Å². The molecule has 2 fully saturated rings. The van der Waals surface area contributed by atoms with Crippen LogP contribution >= 0.6 is 0 Å². The molecule has 158 valence electrons. The molecule has 2 aliphatic rings. The molecule has 2 unspecified atom stereocenters. The summed E-state index contributed by atoms with van der Waals surface area (Å²) in [5.41, 5.74) is 1.53. The third kappa shape index (κ3) is 6.36. The van der Waals surface area contributed by atoms with Crippen molar-refractivity contribution >= 4 is 0 Å². The molecule has 0 aliphatic heterocycles. The predicted octanol–water partition coefficient (Wildman–Crippen LogP) is 8.69. The molecule has 2 saturated carbocycles. The Labute approximate surface area is 175 Å². The van der Waals surface area contributed by atoms with E-state index in [1.165, 1.54) is 89.0 Å². The Bertz CT molecular complexity index is 516. The monoisotopic (exact) mass is 382 g/mol. The van der Waals surface area contributed by atoms with Gasteiger partial charge >= 0.3 is 0 Å². The SMILES string of the molecule is CCCCCC1CCC(C(C)C2CCC(C(C)Cc3ccccc3)CC2)CC1. The Morgan fingerprint density at radius 1 is 0.750 bits per heavy atom. The van der Waals surface area contributed by atoms with Crippen molar-refractivity contribution < 1.29 is 0 Å². The van der Waals surface area contributed by atoms with E-state index < -0.39 is 0 Å². The molecule has 28 heavy (non-hydrogen) atoms. The summed E-state index contributed by atoms with van der Waals surface area (Å²) in [6.07, 6.45) is 19.2. The maximum atomic E-state index is 2.61. The molecule has 1 aromatic carbocycles. The van der Waals surface area contributed by atoms with Crippen LogP contribution in [0.4, 0.5) is 0 Å². The molecule has 2 atom stereocenters. The van der Waals surface area contributed by atoms with Crippen LogP contribution in [0.15, 0.2) is 30.3 Å². The van der Waals surface area contributed by atoms with E-state index in [1.54, 1.807) is 0 Å². The Morgan fingerprint density at radius 3 is 1.93 bits per heavy atom. The Hall–Kier alpha value is -0.780. The van der Waals surface area contributed by atoms with Gasteiger partial charge in [0.2, 0.25) is 0 Å². The third-order valence-corrected chi connectivity index (χ3v) is 8.62. The lowest BCUT2D eigenvalue weighted by molar-refractivity contribution is 0.110. The van der Waals surface area contributed by atoms with Gasteiger partial charge in [-0.2, -0.15) is 0 Å². The largest absolute Gasteiger partial charge is 0.0654 e. The molecule has 1 aromatic rings. The van der Waals surface area contributed by atoms with Crippen LogP contribution in [0, 0.1) is 35.5 Å². The average molecular weight is 383 g/mol. The van der Waals surface area contributed by atoms with Gasteiger partial charge in [-0.1, -0.05) is 89.6 Å². The standard InChI is InChI=1S/C28H46/c1-4-5-7-10-24-13-15-27(16-14-24)23(3)28-19-17-26(18-20-28)22(2)21-25-11-8-6-9-12-25/h6,8-9,11-12,22-24,26-28H,4-5,7,10,13-21H2,1-3H3. The number of rotatable bonds is 9. The van der Waals surface area contributed by atoms with Crippen LogP contribution in [-0.4, -0.2) is 0 Å². The van der Waals surface area contributed by atoms with Crippen LogP contribution in [0.3, 0.4) is 0 Å². The Morgan fingerprint density at radius 2 is 1.32 bits per heavy atom. The molecule has 0 amide bonds. The molecule has 0 heteroatoms. The Kier molecular flexibility index (Phi) is 8.94. The van der Waals surface area contributed by atoms with Crippen LogP contribution in [0.2, 0.25) is 0 Å². The van der Waals surface area contributed by atoms with Gasteiger partial charge < -0.3 is 0 Å². The van der Waals surface area contributed by atoms with Gasteiger partial charge in [-0.05, 0) is 86.0 Å². The van der Waals surface area contributed by atoms with Crippen molar-refractivity contribution in [3.63, 3.8) is 0 Å². The van der Waals surface area contributed by atoms with E-state index in [9.17, 15) is 0 Å². The molecule has 0 heterocycles. The van der Waals surface area contributed by atoms with E-state index in [4.69, 9.17) is 0 Å². The lowest BCUT2D eigenvalue weighted by atomic mass is 9.65. The molecule has 0 bridgehead atoms. The van der Waals surface area contributed by atoms with Gasteiger partial charge in [-0.15, -0.1) is 0 Å². The molecular formula is C28H46. The van der Waals surface area contributed by atoms with Crippen molar-refractivity contribution in [1.29, 1.82) is 0 Å². The predicted molar refractivity (Wildman–Crippen MR) is 124 cm³/mol. The Balaban J connectivity index is 1.37. The van der Waals surface area contributed by atoms with Gasteiger partial charge in [0.05, 0.1) is 0 Å². The molecule has 0 saturated heterocycles. The highest BCUT2D eigenvalue weighted by molar-refractivity contribution is 5.15. The number of hydrogen-bond acceptors (Lipinski definition) is 0. The van der Waals surface area contributed by atoms with Crippen LogP contribution in [0.25, 0.3) is 0 Å². The van der Waals surface area contributed by atoms with Crippen molar-refractivity contribution in [2.75, 3.05) is 0 Å². The van der Waals surface area contributed by atoms with Crippen molar-refractivity contribution in [2.45, 2.75) is 104 Å². The molecule has 0 aromatic heterocycles. The number of unbranched alkanes of at least 4 members (excludes halogenated alkanes) is 2. The summed E-state index contributed by atoms with van der Waals surface area (Å²) in [5.74, 6) is 5.88. The summed E-state index contributed by atoms with van der Waals surface area (Å²) in [4.78, 5) is 0. The van der Waals surface area contributed by atoms with E-state index in [-0.39, 0.29) is 0 Å². The molecule has 3 rings (SSSR count). The van der Waals surface area contributed by atoms with Crippen molar-refractivity contribution in [3.05, 3.63) is 35.9 Å². The second-order valence-corrected chi connectivity index (χ2v) is 10.5. The normalized spacial score (nSPS) is 30.7. The van der Waals surface area contributed by atoms with Gasteiger partial charge in [0, 0.05) is 0 Å². The fourth-order valence-electron chi connectivity index (χ4n) is 6.46. The second kappa shape index (κ2) is 11.4. The van der Waals surface area contributed by atoms with E-state index in [0.717, 1.165) is 35.5 Å². The van der Waals surface area contributed by atoms with Crippen LogP contribution in [0.5, 0.6) is 0 Å². The summed E-state index contributed by atoms with van der Waals surface area (Å²) in [6, 6.07) is 11.1. The van der Waals surface area contributed by atoms with Gasteiger partial charge in [0.1, 0.15) is 0 Å². The van der Waals surface area contributed by atoms with Gasteiger partial charge in [-0.3, -0.25) is 0 Å². The minimum atomic E-state index is 0.845. The fraction of sp³-hybridized carbons (Fsp3) is 0.786. The summed E-state index contributed by atoms with van der Waals surface area (Å²) in [5, 5.41) is 0. The van der Waals surface area contributed by atoms with Crippen LogP contribution in [-0.2, 0) is 6.42 Å². The minimum absolute atomic E-state index is 0.845. The molecule has 0 spiro atoms. The summed E-state index contributed by atoms with van der Waals surface area (Å²) >= 11 is 0. The summed E-state index contributed by atoms with van der Waals surface area (Å²) in [6.45, 7) is 7.44. The summed E-state index contributed by atoms with van der Waals surface area (Å²) < 4.78 is 0. The quantitative estimate of drug-likeness (QED) is 0.375. The van der Waals surface area contributed by atoms with E-state index in [2.05, 4.69) is 51.1 Å². The zero-order valence-corrected chi connectivity index (χ0v) is 19.0. The lowest BCUT2D eigenvalue weighted by Gasteiger charge is -2.40. The van der Waals surface area contributed by atoms with Crippen LogP contribution < -0.4 is 0 Å². The average Bonchev–Trinajstić information content (AvgIpc) is 2.75. The molecular weight excluding hydrogens is 336 g/mol. The minimum Gasteiger partial charge on any atom is -0.0654 e. The first kappa shape index (κ1) is 21.9. The molecule has 0 N–H and O–H groups in total. The topological polar surface area (TPSA) is 0 Å². The zero-order valence-electron chi connectivity index (χ0n) is 19.0. The highest BCUT2D eigenvalue weighted by Crippen LogP contribution is 2.44. The second-order valence-electron chi connectivity index (χ2n) is 10.5. The lowest BCUT2D eigenvalue weighted by Crippen LogP contribution is -2.30. The highest BCUT2D eigenvalue weighted by Gasteiger charge is 2.33. The van der Waals surface area contributed by atoms with Crippen molar-refractivity contribution in [2.24, 2.45) is 35.5 Å². The maximum absolute atomic E-state index is 2.61. The fourth-order valence-corrected chi connectivity index (χ4v) is 6.46. The zero-order chi connectivity index (χ0) is 19.8. The number of hydrogen-bond donors (Lipinski definition) is 0. The summed E-state index contributed by atoms with van der Waals surface area (Å²) in [7, 11) is 0. The third-order valence-electron chi connectivity index (χ3n) is 8.62. The van der Waals surface area contributed by atoms with Crippen LogP contribution in [0.1, 0.15) is 103 Å². The smallest absolute Gasteiger partial charge is 0.0250 e. The van der Waals surface area contributed by atoms with E-state index >= 15 is 0 Å². The van der Waals surface area contributed by atoms with E-state index in [0.29, 0.717) is 0 Å². The number of benzene rings is 1. The first-order chi connectivity index (χ1) is 13.7. The molecule has 0 radical (unpaired) electrons. The van der Waals surface area contributed by atoms with Gasteiger partial charge in [0.25, 0.3) is 0 Å². The van der Waals surface area contributed by atoms with Crippen molar-refractivity contribution in [3.8, 4) is 0 Å². The van der Waals surface area contributed by atoms with Gasteiger partial charge in [-0.25, -0.2) is 0 Å². The van der Waals surface area contributed by atoms with Gasteiger partial charge in [0.15, 0.2) is 0 Å². The maximum Gasteiger partial charge on any atom is -0.0250 e. The first-order valence-corrected chi connectivity index (χ1v) is 12.7. The first-order valence-electron chi connectivity index (χ1n) is 12.7. The molecule has 0 nitrogen and oxygen atoms in total. The van der Waals surface area contributed by atoms with Crippen molar-refractivity contribution in [1.82, 2.24) is 0 Å².